The second-order valence-corrected chi connectivity index (χ2v) is 5.00. The Balaban J connectivity index is 2.65. The summed E-state index contributed by atoms with van der Waals surface area (Å²) in [5.74, 6) is 0. The highest BCUT2D eigenvalue weighted by molar-refractivity contribution is 5.75. The normalized spacial score (nSPS) is 18.5. The zero-order valence-corrected chi connectivity index (χ0v) is 9.83. The average molecular weight is 218 g/mol. The van der Waals surface area contributed by atoms with E-state index in [4.69, 9.17) is 0 Å². The van der Waals surface area contributed by atoms with E-state index in [1.165, 1.54) is 5.56 Å². The van der Waals surface area contributed by atoms with Crippen LogP contribution in [0.3, 0.4) is 0 Å². The van der Waals surface area contributed by atoms with Gasteiger partial charge in [-0.3, -0.25) is 0 Å². The van der Waals surface area contributed by atoms with Gasteiger partial charge in [0.2, 0.25) is 0 Å². The third-order valence-corrected chi connectivity index (χ3v) is 3.41. The van der Waals surface area contributed by atoms with Gasteiger partial charge in [0, 0.05) is 0 Å². The number of hydrogen-bond acceptors (Lipinski definition) is 2. The molecule has 1 aliphatic rings. The van der Waals surface area contributed by atoms with Crippen molar-refractivity contribution in [3.63, 3.8) is 0 Å². The lowest BCUT2D eigenvalue weighted by atomic mass is 9.70. The van der Waals surface area contributed by atoms with E-state index in [0.29, 0.717) is 0 Å². The predicted molar refractivity (Wildman–Crippen MR) is 65.2 cm³/mol. The molecule has 16 heavy (non-hydrogen) atoms. The fraction of sp³-hybridized carbons (Fsp3) is 0.429. The van der Waals surface area contributed by atoms with Crippen molar-refractivity contribution in [1.29, 1.82) is 0 Å². The zero-order valence-electron chi connectivity index (χ0n) is 9.83. The van der Waals surface area contributed by atoms with Gasteiger partial charge in [-0.15, -0.1) is 0 Å². The highest BCUT2D eigenvalue weighted by Crippen LogP contribution is 2.41. The molecule has 0 atom stereocenters. The van der Waals surface area contributed by atoms with Crippen LogP contribution in [-0.4, -0.2) is 23.4 Å². The van der Waals surface area contributed by atoms with E-state index < -0.39 is 0 Å². The van der Waals surface area contributed by atoms with Crippen LogP contribution in [0, 0.1) is 0 Å². The van der Waals surface area contributed by atoms with Crippen LogP contribution in [0.5, 0.6) is 0 Å². The SMILES string of the molecule is CC1(C)CC(CO)=C(CO)c2ccccc21. The lowest BCUT2D eigenvalue weighted by molar-refractivity contribution is 0.308. The molecule has 0 aromatic heterocycles. The summed E-state index contributed by atoms with van der Waals surface area (Å²) in [5, 5.41) is 18.8. The second kappa shape index (κ2) is 4.04. The Morgan fingerprint density at radius 3 is 2.44 bits per heavy atom. The second-order valence-electron chi connectivity index (χ2n) is 5.00. The molecule has 0 spiro atoms. The van der Waals surface area contributed by atoms with Crippen LogP contribution in [0.1, 0.15) is 31.4 Å². The van der Waals surface area contributed by atoms with Crippen LogP contribution in [0.4, 0.5) is 0 Å². The molecular formula is C14H18O2. The van der Waals surface area contributed by atoms with Crippen molar-refractivity contribution >= 4 is 5.57 Å². The summed E-state index contributed by atoms with van der Waals surface area (Å²) in [6, 6.07) is 8.14. The largest absolute Gasteiger partial charge is 0.392 e. The maximum Gasteiger partial charge on any atom is 0.0688 e. The Kier molecular flexibility index (Phi) is 2.87. The first kappa shape index (κ1) is 11.4. The summed E-state index contributed by atoms with van der Waals surface area (Å²) in [7, 11) is 0. The van der Waals surface area contributed by atoms with Gasteiger partial charge in [-0.05, 0) is 34.1 Å². The molecule has 0 unspecified atom stereocenters. The molecule has 0 aliphatic heterocycles. The lowest BCUT2D eigenvalue weighted by Gasteiger charge is -2.35. The van der Waals surface area contributed by atoms with Gasteiger partial charge in [0.15, 0.2) is 0 Å². The average Bonchev–Trinajstić information content (AvgIpc) is 2.28. The molecule has 0 radical (unpaired) electrons. The molecule has 2 rings (SSSR count). The number of fused-ring (bicyclic) bond motifs is 1. The Labute approximate surface area is 96.2 Å². The molecule has 0 amide bonds. The van der Waals surface area contributed by atoms with Gasteiger partial charge in [0.05, 0.1) is 13.2 Å². The number of benzene rings is 1. The summed E-state index contributed by atoms with van der Waals surface area (Å²) >= 11 is 0. The number of aliphatic hydroxyl groups excluding tert-OH is 2. The van der Waals surface area contributed by atoms with Gasteiger partial charge < -0.3 is 10.2 Å². The van der Waals surface area contributed by atoms with Crippen molar-refractivity contribution in [2.45, 2.75) is 25.7 Å². The summed E-state index contributed by atoms with van der Waals surface area (Å²) in [6.07, 6.45) is 0.816. The molecule has 2 nitrogen and oxygen atoms in total. The van der Waals surface area contributed by atoms with Gasteiger partial charge in [-0.1, -0.05) is 38.1 Å². The Morgan fingerprint density at radius 1 is 1.12 bits per heavy atom. The van der Waals surface area contributed by atoms with Crippen LogP contribution in [0.25, 0.3) is 5.57 Å². The van der Waals surface area contributed by atoms with E-state index in [2.05, 4.69) is 19.9 Å². The molecule has 1 aliphatic carbocycles. The first-order valence-corrected chi connectivity index (χ1v) is 5.62. The zero-order chi connectivity index (χ0) is 11.8. The third-order valence-electron chi connectivity index (χ3n) is 3.41. The van der Waals surface area contributed by atoms with Crippen molar-refractivity contribution in [3.05, 3.63) is 41.0 Å². The Hall–Kier alpha value is -1.12. The smallest absolute Gasteiger partial charge is 0.0688 e. The van der Waals surface area contributed by atoms with Crippen molar-refractivity contribution in [1.82, 2.24) is 0 Å². The van der Waals surface area contributed by atoms with Gasteiger partial charge in [-0.2, -0.15) is 0 Å². The molecule has 0 saturated carbocycles. The van der Waals surface area contributed by atoms with E-state index in [9.17, 15) is 10.2 Å². The fourth-order valence-electron chi connectivity index (χ4n) is 2.61. The monoisotopic (exact) mass is 218 g/mol. The molecule has 1 aromatic carbocycles. The topological polar surface area (TPSA) is 40.5 Å². The Bertz CT molecular complexity index is 430. The van der Waals surface area contributed by atoms with Gasteiger partial charge in [0.25, 0.3) is 0 Å². The summed E-state index contributed by atoms with van der Waals surface area (Å²) < 4.78 is 0. The molecule has 0 saturated heterocycles. The minimum Gasteiger partial charge on any atom is -0.392 e. The molecule has 0 heterocycles. The molecule has 0 fully saturated rings. The summed E-state index contributed by atoms with van der Waals surface area (Å²) in [6.45, 7) is 4.39. The summed E-state index contributed by atoms with van der Waals surface area (Å²) in [5.41, 5.74) is 4.25. The highest BCUT2D eigenvalue weighted by Gasteiger charge is 2.31. The molecule has 86 valence electrons. The first-order chi connectivity index (χ1) is 7.60. The van der Waals surface area contributed by atoms with Crippen molar-refractivity contribution < 1.29 is 10.2 Å². The maximum atomic E-state index is 9.44. The molecule has 2 heteroatoms. The van der Waals surface area contributed by atoms with E-state index >= 15 is 0 Å². The van der Waals surface area contributed by atoms with Gasteiger partial charge >= 0.3 is 0 Å². The van der Waals surface area contributed by atoms with Crippen molar-refractivity contribution in [2.75, 3.05) is 13.2 Å². The van der Waals surface area contributed by atoms with Crippen LogP contribution in [0.15, 0.2) is 29.8 Å². The maximum absolute atomic E-state index is 9.44. The van der Waals surface area contributed by atoms with Crippen LogP contribution in [0.2, 0.25) is 0 Å². The molecular weight excluding hydrogens is 200 g/mol. The summed E-state index contributed by atoms with van der Waals surface area (Å²) in [4.78, 5) is 0. The number of aliphatic hydroxyl groups is 2. The van der Waals surface area contributed by atoms with Crippen LogP contribution >= 0.6 is 0 Å². The van der Waals surface area contributed by atoms with E-state index in [1.807, 2.05) is 18.2 Å². The van der Waals surface area contributed by atoms with Crippen LogP contribution < -0.4 is 0 Å². The third kappa shape index (κ3) is 1.68. The van der Waals surface area contributed by atoms with E-state index in [1.54, 1.807) is 0 Å². The van der Waals surface area contributed by atoms with Gasteiger partial charge in [-0.25, -0.2) is 0 Å². The number of hydrogen-bond donors (Lipinski definition) is 2. The highest BCUT2D eigenvalue weighted by atomic mass is 16.3. The fourth-order valence-corrected chi connectivity index (χ4v) is 2.61. The minimum atomic E-state index is 0.00296. The number of rotatable bonds is 2. The molecule has 1 aromatic rings. The van der Waals surface area contributed by atoms with E-state index in [0.717, 1.165) is 23.1 Å². The predicted octanol–water partition coefficient (Wildman–Crippen LogP) is 2.11. The van der Waals surface area contributed by atoms with E-state index in [-0.39, 0.29) is 18.6 Å². The Morgan fingerprint density at radius 2 is 1.81 bits per heavy atom. The van der Waals surface area contributed by atoms with Gasteiger partial charge in [0.1, 0.15) is 0 Å². The molecule has 2 N–H and O–H groups in total. The minimum absolute atomic E-state index is 0.00296. The lowest BCUT2D eigenvalue weighted by Crippen LogP contribution is -2.26. The molecule has 0 bridgehead atoms. The van der Waals surface area contributed by atoms with Crippen molar-refractivity contribution in [2.24, 2.45) is 0 Å². The van der Waals surface area contributed by atoms with Crippen LogP contribution in [-0.2, 0) is 5.41 Å². The van der Waals surface area contributed by atoms with Crippen molar-refractivity contribution in [3.8, 4) is 0 Å². The standard InChI is InChI=1S/C14H18O2/c1-14(2)7-10(8-15)12(9-16)11-5-3-4-6-13(11)14/h3-6,15-16H,7-9H2,1-2H3. The first-order valence-electron chi connectivity index (χ1n) is 5.62. The quantitative estimate of drug-likeness (QED) is 0.798.